The molecule has 0 saturated carbocycles. The minimum atomic E-state index is -0.0343. The zero-order chi connectivity index (χ0) is 20.3. The van der Waals surface area contributed by atoms with Gasteiger partial charge >= 0.3 is 0 Å². The van der Waals surface area contributed by atoms with Crippen LogP contribution in [0.2, 0.25) is 0 Å². The van der Waals surface area contributed by atoms with E-state index >= 15 is 0 Å². The fraction of sp³-hybridized carbons (Fsp3) is 0.478. The minimum Gasteiger partial charge on any atom is -0.354 e. The van der Waals surface area contributed by atoms with Gasteiger partial charge in [0.25, 0.3) is 0 Å². The number of imidazole rings is 1. The SMILES string of the molecule is O=C(NCc1ccccc1)[C@@H]1CCCN(c2ncnc3c2nc2n3CCCCC2)C1. The first-order valence-electron chi connectivity index (χ1n) is 11.1. The van der Waals surface area contributed by atoms with Crippen molar-refractivity contribution in [3.05, 3.63) is 48.0 Å². The molecule has 0 aliphatic carbocycles. The highest BCUT2D eigenvalue weighted by Crippen LogP contribution is 2.29. The Balaban J connectivity index is 1.33. The van der Waals surface area contributed by atoms with Gasteiger partial charge in [-0.15, -0.1) is 0 Å². The molecular formula is C23H28N6O. The van der Waals surface area contributed by atoms with E-state index in [4.69, 9.17) is 4.98 Å². The second-order valence-corrected chi connectivity index (χ2v) is 8.35. The van der Waals surface area contributed by atoms with E-state index in [0.717, 1.165) is 60.7 Å². The molecule has 1 aromatic carbocycles. The van der Waals surface area contributed by atoms with Gasteiger partial charge in [0, 0.05) is 32.6 Å². The molecular weight excluding hydrogens is 376 g/mol. The second kappa shape index (κ2) is 8.42. The number of aryl methyl sites for hydroxylation is 2. The number of anilines is 1. The van der Waals surface area contributed by atoms with E-state index < -0.39 is 0 Å². The number of hydrogen-bond acceptors (Lipinski definition) is 5. The molecule has 5 rings (SSSR count). The molecule has 4 heterocycles. The van der Waals surface area contributed by atoms with Gasteiger partial charge in [0.2, 0.25) is 5.91 Å². The number of carbonyl (C=O) groups is 1. The van der Waals surface area contributed by atoms with Crippen LogP contribution < -0.4 is 10.2 Å². The topological polar surface area (TPSA) is 75.9 Å². The summed E-state index contributed by atoms with van der Waals surface area (Å²) in [6.07, 6.45) is 8.13. The van der Waals surface area contributed by atoms with E-state index in [0.29, 0.717) is 13.1 Å². The molecule has 156 valence electrons. The monoisotopic (exact) mass is 404 g/mol. The lowest BCUT2D eigenvalue weighted by molar-refractivity contribution is -0.125. The van der Waals surface area contributed by atoms with E-state index in [-0.39, 0.29) is 11.8 Å². The number of hydrogen-bond donors (Lipinski definition) is 1. The molecule has 2 aromatic heterocycles. The third-order valence-electron chi connectivity index (χ3n) is 6.28. The smallest absolute Gasteiger partial charge is 0.225 e. The van der Waals surface area contributed by atoms with Gasteiger partial charge in [0.05, 0.1) is 5.92 Å². The van der Waals surface area contributed by atoms with Crippen molar-refractivity contribution in [3.63, 3.8) is 0 Å². The first-order valence-corrected chi connectivity index (χ1v) is 11.1. The van der Waals surface area contributed by atoms with Gasteiger partial charge in [0.1, 0.15) is 12.2 Å². The van der Waals surface area contributed by atoms with Crippen molar-refractivity contribution in [2.24, 2.45) is 5.92 Å². The predicted octanol–water partition coefficient (Wildman–Crippen LogP) is 3.09. The lowest BCUT2D eigenvalue weighted by Crippen LogP contribution is -2.43. The maximum absolute atomic E-state index is 12.8. The van der Waals surface area contributed by atoms with Gasteiger partial charge in [-0.3, -0.25) is 4.79 Å². The number of carbonyl (C=O) groups excluding carboxylic acids is 1. The Hall–Kier alpha value is -2.96. The fourth-order valence-electron chi connectivity index (χ4n) is 4.67. The molecule has 0 radical (unpaired) electrons. The van der Waals surface area contributed by atoms with Crippen LogP contribution in [0.4, 0.5) is 5.82 Å². The highest BCUT2D eigenvalue weighted by Gasteiger charge is 2.29. The van der Waals surface area contributed by atoms with E-state index in [1.54, 1.807) is 6.33 Å². The predicted molar refractivity (Wildman–Crippen MR) is 116 cm³/mol. The molecule has 3 aromatic rings. The van der Waals surface area contributed by atoms with Crippen molar-refractivity contribution >= 4 is 22.9 Å². The number of benzene rings is 1. The molecule has 2 aliphatic rings. The Morgan fingerprint density at radius 1 is 1.07 bits per heavy atom. The Morgan fingerprint density at radius 3 is 2.87 bits per heavy atom. The molecule has 1 amide bonds. The first-order chi connectivity index (χ1) is 14.8. The molecule has 1 atom stereocenters. The molecule has 1 fully saturated rings. The summed E-state index contributed by atoms with van der Waals surface area (Å²) in [5.74, 6) is 2.09. The van der Waals surface area contributed by atoms with Gasteiger partial charge in [-0.2, -0.15) is 0 Å². The van der Waals surface area contributed by atoms with Crippen molar-refractivity contribution in [1.82, 2.24) is 24.8 Å². The Bertz CT molecular complexity index is 1030. The van der Waals surface area contributed by atoms with Crippen LogP contribution in [0.1, 0.15) is 43.5 Å². The molecule has 1 saturated heterocycles. The van der Waals surface area contributed by atoms with Gasteiger partial charge in [0.15, 0.2) is 17.0 Å². The lowest BCUT2D eigenvalue weighted by Gasteiger charge is -2.32. The first kappa shape index (κ1) is 19.0. The average Bonchev–Trinajstić information content (AvgIpc) is 2.99. The maximum Gasteiger partial charge on any atom is 0.225 e. The highest BCUT2D eigenvalue weighted by atomic mass is 16.1. The maximum atomic E-state index is 12.8. The van der Waals surface area contributed by atoms with Crippen LogP contribution in [0.25, 0.3) is 11.2 Å². The number of piperidine rings is 1. The number of fused-ring (bicyclic) bond motifs is 3. The molecule has 30 heavy (non-hydrogen) atoms. The summed E-state index contributed by atoms with van der Waals surface area (Å²) in [6.45, 7) is 3.13. The number of aromatic nitrogens is 4. The number of nitrogens with one attached hydrogen (secondary N) is 1. The Morgan fingerprint density at radius 2 is 1.97 bits per heavy atom. The molecule has 7 nitrogen and oxygen atoms in total. The number of amides is 1. The van der Waals surface area contributed by atoms with Crippen molar-refractivity contribution in [1.29, 1.82) is 0 Å². The third-order valence-corrected chi connectivity index (χ3v) is 6.28. The van der Waals surface area contributed by atoms with E-state index in [1.807, 2.05) is 30.3 Å². The van der Waals surface area contributed by atoms with E-state index in [9.17, 15) is 4.79 Å². The van der Waals surface area contributed by atoms with E-state index in [1.165, 1.54) is 19.3 Å². The lowest BCUT2D eigenvalue weighted by atomic mass is 9.97. The van der Waals surface area contributed by atoms with Crippen LogP contribution >= 0.6 is 0 Å². The second-order valence-electron chi connectivity index (χ2n) is 8.35. The summed E-state index contributed by atoms with van der Waals surface area (Å²) in [5, 5.41) is 3.11. The molecule has 0 bridgehead atoms. The number of rotatable bonds is 4. The summed E-state index contributed by atoms with van der Waals surface area (Å²) in [5.41, 5.74) is 2.95. The van der Waals surface area contributed by atoms with Crippen molar-refractivity contribution in [2.75, 3.05) is 18.0 Å². The zero-order valence-electron chi connectivity index (χ0n) is 17.3. The summed E-state index contributed by atoms with van der Waals surface area (Å²) in [6, 6.07) is 10.1. The van der Waals surface area contributed by atoms with Gasteiger partial charge < -0.3 is 14.8 Å². The minimum absolute atomic E-state index is 0.0343. The summed E-state index contributed by atoms with van der Waals surface area (Å²) >= 11 is 0. The highest BCUT2D eigenvalue weighted by molar-refractivity contribution is 5.85. The largest absolute Gasteiger partial charge is 0.354 e. The molecule has 0 unspecified atom stereocenters. The molecule has 7 heteroatoms. The zero-order valence-corrected chi connectivity index (χ0v) is 17.3. The summed E-state index contributed by atoms with van der Waals surface area (Å²) < 4.78 is 2.27. The van der Waals surface area contributed by atoms with Gasteiger partial charge in [-0.1, -0.05) is 36.8 Å². The van der Waals surface area contributed by atoms with Crippen molar-refractivity contribution in [2.45, 2.75) is 51.6 Å². The van der Waals surface area contributed by atoms with Crippen molar-refractivity contribution < 1.29 is 4.79 Å². The van der Waals surface area contributed by atoms with Crippen LogP contribution in [0.5, 0.6) is 0 Å². The van der Waals surface area contributed by atoms with Crippen molar-refractivity contribution in [3.8, 4) is 0 Å². The molecule has 2 aliphatic heterocycles. The average molecular weight is 405 g/mol. The van der Waals surface area contributed by atoms with Crippen LogP contribution in [0, 0.1) is 5.92 Å². The molecule has 0 spiro atoms. The summed E-state index contributed by atoms with van der Waals surface area (Å²) in [4.78, 5) is 29.1. The quantitative estimate of drug-likeness (QED) is 0.723. The fourth-order valence-corrected chi connectivity index (χ4v) is 4.67. The van der Waals surface area contributed by atoms with Crippen LogP contribution in [-0.4, -0.2) is 38.5 Å². The van der Waals surface area contributed by atoms with Crippen LogP contribution in [0.3, 0.4) is 0 Å². The van der Waals surface area contributed by atoms with E-state index in [2.05, 4.69) is 24.8 Å². The van der Waals surface area contributed by atoms with Crippen LogP contribution in [0.15, 0.2) is 36.7 Å². The third kappa shape index (κ3) is 3.76. The van der Waals surface area contributed by atoms with Gasteiger partial charge in [-0.05, 0) is 31.2 Å². The summed E-state index contributed by atoms with van der Waals surface area (Å²) in [7, 11) is 0. The Kier molecular flexibility index (Phi) is 5.34. The van der Waals surface area contributed by atoms with Crippen LogP contribution in [-0.2, 0) is 24.3 Å². The van der Waals surface area contributed by atoms with Gasteiger partial charge in [-0.25, -0.2) is 15.0 Å². The normalized spacial score (nSPS) is 19.3. The standard InChI is InChI=1S/C23H28N6O/c30-23(24-14-17-8-3-1-4-9-17)18-10-7-12-28(15-18)21-20-22(26-16-25-21)29-13-6-2-5-11-19(29)27-20/h1,3-4,8-9,16,18H,2,5-7,10-15H2,(H,24,30)/t18-/m1/s1. The number of nitrogens with zero attached hydrogens (tertiary/aromatic N) is 5. The Labute approximate surface area is 176 Å². The molecule has 1 N–H and O–H groups in total.